The van der Waals surface area contributed by atoms with Gasteiger partial charge in [-0.1, -0.05) is 18.2 Å². The summed E-state index contributed by atoms with van der Waals surface area (Å²) in [6.07, 6.45) is 0.851. The molecule has 0 aliphatic heterocycles. The van der Waals surface area contributed by atoms with Gasteiger partial charge in [0.2, 0.25) is 0 Å². The number of likely N-dealkylation sites (N-methyl/N-ethyl adjacent to an activating group) is 1. The van der Waals surface area contributed by atoms with Crippen LogP contribution in [-0.2, 0) is 9.47 Å². The second-order valence-electron chi connectivity index (χ2n) is 3.78. The number of halogens is 1. The van der Waals surface area contributed by atoms with Crippen LogP contribution >= 0.6 is 0 Å². The van der Waals surface area contributed by atoms with Crippen LogP contribution in [0, 0.1) is 5.82 Å². The van der Waals surface area contributed by atoms with E-state index in [1.165, 1.54) is 6.07 Å². The van der Waals surface area contributed by atoms with E-state index in [9.17, 15) is 4.39 Å². The van der Waals surface area contributed by atoms with Gasteiger partial charge in [0.25, 0.3) is 0 Å². The maximum absolute atomic E-state index is 13.5. The first-order valence-corrected chi connectivity index (χ1v) is 5.78. The number of hydrogen-bond acceptors (Lipinski definition) is 3. The lowest BCUT2D eigenvalue weighted by Gasteiger charge is -2.17. The van der Waals surface area contributed by atoms with Gasteiger partial charge in [-0.3, -0.25) is 0 Å². The Hall–Kier alpha value is -0.970. The Bertz CT molecular complexity index is 320. The molecule has 0 spiro atoms. The summed E-state index contributed by atoms with van der Waals surface area (Å²) < 4.78 is 24.0. The third kappa shape index (κ3) is 4.81. The van der Waals surface area contributed by atoms with Crippen molar-refractivity contribution in [2.75, 3.05) is 34.0 Å². The molecule has 3 nitrogen and oxygen atoms in total. The summed E-state index contributed by atoms with van der Waals surface area (Å²) in [5.74, 6) is -0.202. The van der Waals surface area contributed by atoms with Crippen molar-refractivity contribution in [2.45, 2.75) is 12.5 Å². The van der Waals surface area contributed by atoms with Gasteiger partial charge >= 0.3 is 0 Å². The number of ether oxygens (including phenoxy) is 2. The maximum Gasteiger partial charge on any atom is 0.128 e. The highest BCUT2D eigenvalue weighted by Gasteiger charge is 2.13. The number of rotatable bonds is 8. The minimum absolute atomic E-state index is 0.112. The predicted octanol–water partition coefficient (Wildman–Crippen LogP) is 2.14. The van der Waals surface area contributed by atoms with Crippen molar-refractivity contribution in [3.8, 4) is 0 Å². The minimum atomic E-state index is -0.202. The van der Waals surface area contributed by atoms with Gasteiger partial charge in [-0.2, -0.15) is 0 Å². The Balaban J connectivity index is 2.41. The molecule has 0 heterocycles. The molecule has 17 heavy (non-hydrogen) atoms. The van der Waals surface area contributed by atoms with Gasteiger partial charge in [-0.25, -0.2) is 4.39 Å². The molecule has 0 amide bonds. The molecule has 0 saturated carbocycles. The van der Waals surface area contributed by atoms with Crippen LogP contribution in [0.15, 0.2) is 24.3 Å². The molecular formula is C13H20FNO2. The van der Waals surface area contributed by atoms with Gasteiger partial charge in [0.15, 0.2) is 0 Å². The molecule has 0 aliphatic rings. The van der Waals surface area contributed by atoms with Crippen LogP contribution in [0.5, 0.6) is 0 Å². The summed E-state index contributed by atoms with van der Waals surface area (Å²) in [7, 11) is 3.46. The molecule has 1 aromatic rings. The van der Waals surface area contributed by atoms with E-state index < -0.39 is 0 Å². The summed E-state index contributed by atoms with van der Waals surface area (Å²) in [5, 5.41) is 3.05. The molecule has 1 rings (SSSR count). The minimum Gasteiger partial charge on any atom is -0.385 e. The lowest BCUT2D eigenvalue weighted by molar-refractivity contribution is 0.0882. The molecular weight excluding hydrogens is 221 g/mol. The zero-order valence-corrected chi connectivity index (χ0v) is 10.4. The summed E-state index contributed by atoms with van der Waals surface area (Å²) in [6, 6.07) is 6.64. The average Bonchev–Trinajstić information content (AvgIpc) is 2.35. The van der Waals surface area contributed by atoms with Gasteiger partial charge in [-0.05, 0) is 19.5 Å². The quantitative estimate of drug-likeness (QED) is 0.707. The molecule has 1 atom stereocenters. The SMILES string of the molecule is CNC(COCCCOC)c1ccccc1F. The summed E-state index contributed by atoms with van der Waals surface area (Å²) in [6.45, 7) is 1.77. The van der Waals surface area contributed by atoms with Crippen LogP contribution in [0.4, 0.5) is 4.39 Å². The largest absolute Gasteiger partial charge is 0.385 e. The van der Waals surface area contributed by atoms with Crippen molar-refractivity contribution in [3.63, 3.8) is 0 Å². The topological polar surface area (TPSA) is 30.5 Å². The van der Waals surface area contributed by atoms with E-state index in [2.05, 4.69) is 5.32 Å². The third-order valence-electron chi connectivity index (χ3n) is 2.55. The van der Waals surface area contributed by atoms with Crippen LogP contribution < -0.4 is 5.32 Å². The van der Waals surface area contributed by atoms with Gasteiger partial charge < -0.3 is 14.8 Å². The van der Waals surface area contributed by atoms with Crippen molar-refractivity contribution in [3.05, 3.63) is 35.6 Å². The molecule has 0 aliphatic carbocycles. The van der Waals surface area contributed by atoms with E-state index in [1.807, 2.05) is 6.07 Å². The molecule has 0 aromatic heterocycles. The molecule has 0 bridgehead atoms. The molecule has 96 valence electrons. The second-order valence-corrected chi connectivity index (χ2v) is 3.78. The fraction of sp³-hybridized carbons (Fsp3) is 0.538. The number of hydrogen-bond donors (Lipinski definition) is 1. The van der Waals surface area contributed by atoms with E-state index in [0.717, 1.165) is 6.42 Å². The Labute approximate surface area is 102 Å². The zero-order chi connectivity index (χ0) is 12.5. The van der Waals surface area contributed by atoms with E-state index in [1.54, 1.807) is 26.3 Å². The first-order valence-electron chi connectivity index (χ1n) is 5.78. The third-order valence-corrected chi connectivity index (χ3v) is 2.55. The number of benzene rings is 1. The smallest absolute Gasteiger partial charge is 0.128 e. The molecule has 0 saturated heterocycles. The molecule has 1 aromatic carbocycles. The fourth-order valence-electron chi connectivity index (χ4n) is 1.59. The second kappa shape index (κ2) is 8.17. The van der Waals surface area contributed by atoms with E-state index in [4.69, 9.17) is 9.47 Å². The van der Waals surface area contributed by atoms with Gasteiger partial charge in [0, 0.05) is 25.9 Å². The molecule has 0 radical (unpaired) electrons. The lowest BCUT2D eigenvalue weighted by Crippen LogP contribution is -2.23. The first-order chi connectivity index (χ1) is 8.29. The Morgan fingerprint density at radius 2 is 2.06 bits per heavy atom. The van der Waals surface area contributed by atoms with Crippen molar-refractivity contribution >= 4 is 0 Å². The van der Waals surface area contributed by atoms with Gasteiger partial charge in [0.1, 0.15) is 5.82 Å². The van der Waals surface area contributed by atoms with Crippen LogP contribution in [-0.4, -0.2) is 34.0 Å². The summed E-state index contributed by atoms with van der Waals surface area (Å²) in [5.41, 5.74) is 0.641. The standard InChI is InChI=1S/C13H20FNO2/c1-15-13(10-17-9-5-8-16-2)11-6-3-4-7-12(11)14/h3-4,6-7,13,15H,5,8-10H2,1-2H3. The molecule has 0 fully saturated rings. The summed E-state index contributed by atoms with van der Waals surface area (Å²) >= 11 is 0. The van der Waals surface area contributed by atoms with Gasteiger partial charge in [0.05, 0.1) is 12.6 Å². The molecule has 1 N–H and O–H groups in total. The van der Waals surface area contributed by atoms with Gasteiger partial charge in [-0.15, -0.1) is 0 Å². The zero-order valence-electron chi connectivity index (χ0n) is 10.4. The van der Waals surface area contributed by atoms with Crippen molar-refractivity contribution in [1.82, 2.24) is 5.32 Å². The van der Waals surface area contributed by atoms with Crippen molar-refractivity contribution < 1.29 is 13.9 Å². The maximum atomic E-state index is 13.5. The fourth-order valence-corrected chi connectivity index (χ4v) is 1.59. The number of methoxy groups -OCH3 is 1. The Morgan fingerprint density at radius 3 is 2.71 bits per heavy atom. The van der Waals surface area contributed by atoms with E-state index in [0.29, 0.717) is 25.4 Å². The molecule has 1 unspecified atom stereocenters. The lowest BCUT2D eigenvalue weighted by atomic mass is 10.1. The van der Waals surface area contributed by atoms with E-state index in [-0.39, 0.29) is 11.9 Å². The van der Waals surface area contributed by atoms with Crippen LogP contribution in [0.2, 0.25) is 0 Å². The summed E-state index contributed by atoms with van der Waals surface area (Å²) in [4.78, 5) is 0. The van der Waals surface area contributed by atoms with Crippen LogP contribution in [0.1, 0.15) is 18.0 Å². The highest BCUT2D eigenvalue weighted by Crippen LogP contribution is 2.16. The van der Waals surface area contributed by atoms with E-state index >= 15 is 0 Å². The van der Waals surface area contributed by atoms with Crippen molar-refractivity contribution in [1.29, 1.82) is 0 Å². The first kappa shape index (κ1) is 14.1. The van der Waals surface area contributed by atoms with Crippen molar-refractivity contribution in [2.24, 2.45) is 0 Å². The Kier molecular flexibility index (Phi) is 6.77. The predicted molar refractivity (Wildman–Crippen MR) is 65.5 cm³/mol. The monoisotopic (exact) mass is 241 g/mol. The normalized spacial score (nSPS) is 12.6. The average molecular weight is 241 g/mol. The van der Waals surface area contributed by atoms with Crippen LogP contribution in [0.25, 0.3) is 0 Å². The number of nitrogens with one attached hydrogen (secondary N) is 1. The highest BCUT2D eigenvalue weighted by atomic mass is 19.1. The highest BCUT2D eigenvalue weighted by molar-refractivity contribution is 5.21. The molecule has 4 heteroatoms. The van der Waals surface area contributed by atoms with Crippen LogP contribution in [0.3, 0.4) is 0 Å². The Morgan fingerprint density at radius 1 is 1.29 bits per heavy atom.